The third-order valence-corrected chi connectivity index (χ3v) is 8.10. The lowest BCUT2D eigenvalue weighted by Crippen LogP contribution is -1.86. The highest BCUT2D eigenvalue weighted by Crippen LogP contribution is 2.48. The van der Waals surface area contributed by atoms with Crippen LogP contribution in [0.15, 0.2) is 142 Å². The van der Waals surface area contributed by atoms with Crippen molar-refractivity contribution in [3.05, 3.63) is 142 Å². The van der Waals surface area contributed by atoms with Gasteiger partial charge in [0.1, 0.15) is 23.0 Å². The molecule has 4 heteroatoms. The Kier molecular flexibility index (Phi) is 6.51. The van der Waals surface area contributed by atoms with Crippen LogP contribution < -0.4 is 9.47 Å². The topological polar surface area (TPSA) is 18.5 Å². The van der Waals surface area contributed by atoms with E-state index in [1.807, 2.05) is 48.5 Å². The minimum Gasteiger partial charge on any atom is -0.456 e. The average Bonchev–Trinajstić information content (AvgIpc) is 3.22. The van der Waals surface area contributed by atoms with E-state index in [-0.39, 0.29) is 0 Å². The Bertz CT molecular complexity index is 1760. The molecule has 0 aromatic heterocycles. The maximum absolute atomic E-state index is 6.15. The minimum absolute atomic E-state index is 0.881. The van der Waals surface area contributed by atoms with Gasteiger partial charge < -0.3 is 9.47 Å². The molecule has 8 rings (SSSR count). The molecule has 2 heterocycles. The van der Waals surface area contributed by atoms with E-state index in [9.17, 15) is 0 Å². The lowest BCUT2D eigenvalue weighted by molar-refractivity contribution is 0.487. The van der Waals surface area contributed by atoms with Crippen molar-refractivity contribution >= 4 is 31.9 Å². The zero-order valence-electron chi connectivity index (χ0n) is 21.3. The molecule has 0 N–H and O–H groups in total. The lowest BCUT2D eigenvalue weighted by Gasteiger charge is -2.09. The number of halogens is 2. The van der Waals surface area contributed by atoms with Crippen LogP contribution in [0.4, 0.5) is 0 Å². The fraction of sp³-hybridized carbons (Fsp3) is 0. The molecule has 2 nitrogen and oxygen atoms in total. The zero-order valence-corrected chi connectivity index (χ0v) is 24.4. The molecule has 0 unspecified atom stereocenters. The second kappa shape index (κ2) is 10.5. The van der Waals surface area contributed by atoms with E-state index in [0.717, 1.165) is 54.2 Å². The van der Waals surface area contributed by atoms with Gasteiger partial charge in [-0.15, -0.1) is 0 Å². The molecule has 0 fully saturated rings. The minimum atomic E-state index is 0.881. The monoisotopic (exact) mass is 644 g/mol. The van der Waals surface area contributed by atoms with E-state index < -0.39 is 0 Å². The molecule has 0 aliphatic carbocycles. The largest absolute Gasteiger partial charge is 0.456 e. The summed E-state index contributed by atoms with van der Waals surface area (Å²) in [5.41, 5.74) is 9.32. The molecule has 6 aromatic rings. The molecule has 192 valence electrons. The van der Waals surface area contributed by atoms with Gasteiger partial charge in [-0.2, -0.15) is 0 Å². The van der Waals surface area contributed by atoms with Gasteiger partial charge >= 0.3 is 0 Å². The third-order valence-electron chi connectivity index (χ3n) is 7.11. The number of hydrogen-bond acceptors (Lipinski definition) is 2. The van der Waals surface area contributed by atoms with Crippen LogP contribution in [-0.2, 0) is 0 Å². The molecule has 0 atom stereocenters. The summed E-state index contributed by atoms with van der Waals surface area (Å²) in [6.45, 7) is 0. The number of ether oxygens (including phenoxy) is 2. The first kappa shape index (κ1) is 24.9. The van der Waals surface area contributed by atoms with Crippen LogP contribution in [0.1, 0.15) is 0 Å². The highest BCUT2D eigenvalue weighted by Gasteiger charge is 2.21. The normalized spacial score (nSPS) is 11.7. The second-order valence-corrected chi connectivity index (χ2v) is 11.4. The van der Waals surface area contributed by atoms with Gasteiger partial charge in [0.15, 0.2) is 0 Å². The number of rotatable bonds is 0. The second-order valence-electron chi connectivity index (χ2n) is 9.57. The summed E-state index contributed by atoms with van der Waals surface area (Å²) >= 11 is 7.10. The summed E-state index contributed by atoms with van der Waals surface area (Å²) in [4.78, 5) is 0. The zero-order chi connectivity index (χ0) is 27.1. The van der Waals surface area contributed by atoms with Gasteiger partial charge in [-0.3, -0.25) is 0 Å². The summed E-state index contributed by atoms with van der Waals surface area (Å²) in [7, 11) is 0. The molecule has 2 aliphatic heterocycles. The summed E-state index contributed by atoms with van der Waals surface area (Å²) in [6, 6.07) is 45.5. The predicted molar refractivity (Wildman–Crippen MR) is 170 cm³/mol. The third kappa shape index (κ3) is 4.53. The molecule has 0 saturated heterocycles. The molecule has 0 bridgehead atoms. The SMILES string of the molecule is Brc1ccc2c(c1)-c1ccccc1-c1cc(Br)ccc1O2.c1ccc2c(c1)Oc1ccccc1-c1ccccc1-2. The van der Waals surface area contributed by atoms with E-state index >= 15 is 0 Å². The van der Waals surface area contributed by atoms with Crippen LogP contribution in [0.2, 0.25) is 0 Å². The average molecular weight is 646 g/mol. The van der Waals surface area contributed by atoms with E-state index in [2.05, 4.69) is 117 Å². The maximum atomic E-state index is 6.15. The first-order valence-electron chi connectivity index (χ1n) is 13.0. The summed E-state index contributed by atoms with van der Waals surface area (Å²) in [6.07, 6.45) is 0. The van der Waals surface area contributed by atoms with Gasteiger partial charge in [0.05, 0.1) is 0 Å². The molecule has 0 amide bonds. The highest BCUT2D eigenvalue weighted by atomic mass is 79.9. The van der Waals surface area contributed by atoms with Crippen molar-refractivity contribution in [2.45, 2.75) is 0 Å². The molecule has 2 aliphatic rings. The van der Waals surface area contributed by atoms with Crippen molar-refractivity contribution in [3.8, 4) is 67.5 Å². The summed E-state index contributed by atoms with van der Waals surface area (Å²) < 4.78 is 14.3. The fourth-order valence-corrected chi connectivity index (χ4v) is 6.02. The number of benzene rings is 6. The van der Waals surface area contributed by atoms with Crippen LogP contribution in [0.5, 0.6) is 23.0 Å². The lowest BCUT2D eigenvalue weighted by atomic mass is 9.95. The van der Waals surface area contributed by atoms with Crippen LogP contribution in [-0.4, -0.2) is 0 Å². The standard InChI is InChI=1S/C18H10Br2O.C18H12O/c19-11-5-7-17-15(9-11)13-3-1-2-4-14(13)16-10-12(20)6-8-18(16)21-17;1-2-8-14-13(7-1)15-9-3-5-11-17(15)19-18-12-6-4-10-16(14)18/h1-10H;1-12H. The van der Waals surface area contributed by atoms with Crippen molar-refractivity contribution in [3.63, 3.8) is 0 Å². The Hall–Kier alpha value is -4.12. The smallest absolute Gasteiger partial charge is 0.135 e. The van der Waals surface area contributed by atoms with Gasteiger partial charge in [-0.1, -0.05) is 117 Å². The quantitative estimate of drug-likeness (QED) is 0.163. The van der Waals surface area contributed by atoms with Crippen molar-refractivity contribution in [1.82, 2.24) is 0 Å². The van der Waals surface area contributed by atoms with Crippen LogP contribution >= 0.6 is 31.9 Å². The van der Waals surface area contributed by atoms with Gasteiger partial charge in [0.25, 0.3) is 0 Å². The van der Waals surface area contributed by atoms with Gasteiger partial charge in [0, 0.05) is 31.2 Å². The van der Waals surface area contributed by atoms with Crippen molar-refractivity contribution in [1.29, 1.82) is 0 Å². The van der Waals surface area contributed by atoms with Crippen LogP contribution in [0.3, 0.4) is 0 Å². The van der Waals surface area contributed by atoms with Gasteiger partial charge in [0.2, 0.25) is 0 Å². The van der Waals surface area contributed by atoms with Gasteiger partial charge in [-0.05, 0) is 70.8 Å². The Labute approximate surface area is 250 Å². The highest BCUT2D eigenvalue weighted by molar-refractivity contribution is 9.10. The van der Waals surface area contributed by atoms with Crippen LogP contribution in [0, 0.1) is 0 Å². The number of fused-ring (bicyclic) bond motifs is 10. The molecule has 0 saturated carbocycles. The Morgan fingerprint density at radius 1 is 0.300 bits per heavy atom. The molecule has 40 heavy (non-hydrogen) atoms. The van der Waals surface area contributed by atoms with E-state index in [1.54, 1.807) is 0 Å². The Balaban J connectivity index is 0.000000133. The van der Waals surface area contributed by atoms with Crippen molar-refractivity contribution in [2.24, 2.45) is 0 Å². The molecule has 0 radical (unpaired) electrons. The predicted octanol–water partition coefficient (Wildman–Crippen LogP) is 11.8. The fourth-order valence-electron chi connectivity index (χ4n) is 5.30. The molecule has 0 spiro atoms. The summed E-state index contributed by atoms with van der Waals surface area (Å²) in [5.74, 6) is 3.60. The molecule has 6 aromatic carbocycles. The number of hydrogen-bond donors (Lipinski definition) is 0. The van der Waals surface area contributed by atoms with Crippen molar-refractivity contribution in [2.75, 3.05) is 0 Å². The van der Waals surface area contributed by atoms with E-state index in [4.69, 9.17) is 9.47 Å². The van der Waals surface area contributed by atoms with Gasteiger partial charge in [-0.25, -0.2) is 0 Å². The number of para-hydroxylation sites is 2. The maximum Gasteiger partial charge on any atom is 0.135 e. The van der Waals surface area contributed by atoms with E-state index in [0.29, 0.717) is 0 Å². The van der Waals surface area contributed by atoms with Crippen LogP contribution in [0.25, 0.3) is 44.5 Å². The van der Waals surface area contributed by atoms with E-state index in [1.165, 1.54) is 22.3 Å². The Morgan fingerprint density at radius 2 is 0.600 bits per heavy atom. The molecular weight excluding hydrogens is 624 g/mol. The Morgan fingerprint density at radius 3 is 1.00 bits per heavy atom. The van der Waals surface area contributed by atoms with Crippen molar-refractivity contribution < 1.29 is 9.47 Å². The molecular formula is C36H22Br2O2. The first-order valence-corrected chi connectivity index (χ1v) is 14.6. The first-order chi connectivity index (χ1) is 19.7. The summed E-state index contributed by atoms with van der Waals surface area (Å²) in [5, 5.41) is 0.